The smallest absolute Gasteiger partial charge is 0.171 e. The highest BCUT2D eigenvalue weighted by Gasteiger charge is 2.05. The van der Waals surface area contributed by atoms with E-state index >= 15 is 0 Å². The monoisotopic (exact) mass is 354 g/mol. The molecule has 0 aliphatic carbocycles. The summed E-state index contributed by atoms with van der Waals surface area (Å²) in [6.07, 6.45) is 2.87. The van der Waals surface area contributed by atoms with E-state index in [4.69, 9.17) is 17.0 Å². The number of hydrogen-bond acceptors (Lipinski definition) is 3. The molecule has 3 aromatic rings. The lowest BCUT2D eigenvalue weighted by Gasteiger charge is -2.08. The summed E-state index contributed by atoms with van der Waals surface area (Å²) in [6, 6.07) is 16.7. The fraction of sp³-hybridized carbons (Fsp3) is 0.263. The number of anilines is 1. The van der Waals surface area contributed by atoms with Gasteiger partial charge in [0.25, 0.3) is 0 Å². The summed E-state index contributed by atoms with van der Waals surface area (Å²) in [6.45, 7) is 2.21. The van der Waals surface area contributed by atoms with Gasteiger partial charge in [-0.25, -0.2) is 0 Å². The number of aromatic nitrogens is 2. The Bertz CT molecular complexity index is 841. The van der Waals surface area contributed by atoms with Gasteiger partial charge in [-0.15, -0.1) is 0 Å². The van der Waals surface area contributed by atoms with Crippen molar-refractivity contribution in [2.45, 2.75) is 13.0 Å². The van der Waals surface area contributed by atoms with E-state index in [1.165, 1.54) is 16.3 Å². The molecule has 2 aromatic carbocycles. The third kappa shape index (κ3) is 4.78. The molecule has 0 aliphatic heterocycles. The maximum absolute atomic E-state index is 5.28. The molecular formula is C19H22N4OS. The van der Waals surface area contributed by atoms with E-state index in [2.05, 4.69) is 58.2 Å². The van der Waals surface area contributed by atoms with Gasteiger partial charge in [0, 0.05) is 32.5 Å². The first kappa shape index (κ1) is 17.4. The fourth-order valence-corrected chi connectivity index (χ4v) is 2.91. The number of benzene rings is 2. The van der Waals surface area contributed by atoms with Crippen LogP contribution < -0.4 is 10.6 Å². The topological polar surface area (TPSA) is 51.1 Å². The highest BCUT2D eigenvalue weighted by molar-refractivity contribution is 7.80. The van der Waals surface area contributed by atoms with Crippen molar-refractivity contribution in [2.75, 3.05) is 25.6 Å². The Kier molecular flexibility index (Phi) is 5.98. The zero-order chi connectivity index (χ0) is 17.5. The van der Waals surface area contributed by atoms with Gasteiger partial charge in [0.05, 0.1) is 6.54 Å². The van der Waals surface area contributed by atoms with Gasteiger partial charge in [0.1, 0.15) is 0 Å². The highest BCUT2D eigenvalue weighted by atomic mass is 32.1. The van der Waals surface area contributed by atoms with Crippen LogP contribution in [0.2, 0.25) is 0 Å². The molecule has 0 saturated heterocycles. The zero-order valence-electron chi connectivity index (χ0n) is 14.2. The van der Waals surface area contributed by atoms with Crippen LogP contribution in [0.3, 0.4) is 0 Å². The summed E-state index contributed by atoms with van der Waals surface area (Å²) in [7, 11) is 1.69. The van der Waals surface area contributed by atoms with Gasteiger partial charge in [-0.1, -0.05) is 42.5 Å². The van der Waals surface area contributed by atoms with Gasteiger partial charge in [0.2, 0.25) is 0 Å². The number of rotatable bonds is 7. The molecule has 0 saturated carbocycles. The number of thiocarbonyl (C=S) groups is 1. The molecule has 0 amide bonds. The maximum Gasteiger partial charge on any atom is 0.171 e. The van der Waals surface area contributed by atoms with Crippen LogP contribution in [0.5, 0.6) is 0 Å². The number of nitrogens with zero attached hydrogens (tertiary/aromatic N) is 2. The van der Waals surface area contributed by atoms with Crippen molar-refractivity contribution in [1.29, 1.82) is 0 Å². The van der Waals surface area contributed by atoms with Crippen LogP contribution in [0.25, 0.3) is 10.8 Å². The van der Waals surface area contributed by atoms with E-state index in [1.54, 1.807) is 7.11 Å². The van der Waals surface area contributed by atoms with E-state index in [9.17, 15) is 0 Å². The Hall–Kier alpha value is -2.44. The Balaban J connectivity index is 1.61. The van der Waals surface area contributed by atoms with Gasteiger partial charge in [-0.3, -0.25) is 4.68 Å². The Morgan fingerprint density at radius 1 is 1.16 bits per heavy atom. The summed E-state index contributed by atoms with van der Waals surface area (Å²) < 4.78 is 6.93. The molecule has 0 fully saturated rings. The molecule has 0 atom stereocenters. The van der Waals surface area contributed by atoms with Crippen molar-refractivity contribution in [2.24, 2.45) is 0 Å². The highest BCUT2D eigenvalue weighted by Crippen LogP contribution is 2.19. The van der Waals surface area contributed by atoms with Crippen LogP contribution >= 0.6 is 12.2 Å². The van der Waals surface area contributed by atoms with Crippen LogP contribution in [-0.2, 0) is 11.3 Å². The molecule has 5 nitrogen and oxygen atoms in total. The number of hydrogen-bond donors (Lipinski definition) is 2. The predicted octanol–water partition coefficient (Wildman–Crippen LogP) is 3.41. The van der Waals surface area contributed by atoms with E-state index in [0.717, 1.165) is 31.9 Å². The van der Waals surface area contributed by atoms with Crippen LogP contribution in [0.1, 0.15) is 12.0 Å². The molecule has 0 bridgehead atoms. The SMILES string of the molecule is COCCCNC(=S)Nc1ccn(Cc2cccc3ccccc23)n1. The molecule has 25 heavy (non-hydrogen) atoms. The largest absolute Gasteiger partial charge is 0.385 e. The number of nitrogens with one attached hydrogen (secondary N) is 2. The minimum atomic E-state index is 0.575. The lowest BCUT2D eigenvalue weighted by Crippen LogP contribution is -2.30. The van der Waals surface area contributed by atoms with Crippen LogP contribution in [0.15, 0.2) is 54.7 Å². The molecule has 0 spiro atoms. The van der Waals surface area contributed by atoms with E-state index in [-0.39, 0.29) is 0 Å². The lowest BCUT2D eigenvalue weighted by atomic mass is 10.0. The third-order valence-corrected chi connectivity index (χ3v) is 4.15. The van der Waals surface area contributed by atoms with Gasteiger partial charge in [0.15, 0.2) is 10.9 Å². The average molecular weight is 354 g/mol. The van der Waals surface area contributed by atoms with Crippen molar-refractivity contribution in [1.82, 2.24) is 15.1 Å². The summed E-state index contributed by atoms with van der Waals surface area (Å²) >= 11 is 5.28. The molecule has 6 heteroatoms. The van der Waals surface area contributed by atoms with Gasteiger partial charge in [-0.05, 0) is 35.0 Å². The van der Waals surface area contributed by atoms with Crippen molar-refractivity contribution >= 4 is 33.9 Å². The normalized spacial score (nSPS) is 10.8. The lowest BCUT2D eigenvalue weighted by molar-refractivity contribution is 0.196. The molecule has 1 heterocycles. The van der Waals surface area contributed by atoms with Crippen LogP contribution in [-0.4, -0.2) is 35.2 Å². The second-order valence-corrected chi connectivity index (χ2v) is 6.17. The zero-order valence-corrected chi connectivity index (χ0v) is 15.1. The van der Waals surface area contributed by atoms with Crippen LogP contribution in [0, 0.1) is 0 Å². The maximum atomic E-state index is 5.28. The standard InChI is InChI=1S/C19H22N4OS/c1-24-13-5-11-20-19(25)21-18-10-12-23(22-18)14-16-8-4-7-15-6-2-3-9-17(15)16/h2-4,6-10,12H,5,11,13-14H2,1H3,(H2,20,21,22,25). The van der Waals surface area contributed by atoms with E-state index in [0.29, 0.717) is 5.11 Å². The first-order valence-electron chi connectivity index (χ1n) is 8.30. The summed E-state index contributed by atoms with van der Waals surface area (Å²) in [5.74, 6) is 0.740. The molecule has 0 unspecified atom stereocenters. The van der Waals surface area contributed by atoms with Gasteiger partial charge >= 0.3 is 0 Å². The second kappa shape index (κ2) is 8.60. The summed E-state index contributed by atoms with van der Waals surface area (Å²) in [5.41, 5.74) is 1.24. The van der Waals surface area contributed by atoms with Gasteiger partial charge in [-0.2, -0.15) is 5.10 Å². The first-order valence-corrected chi connectivity index (χ1v) is 8.71. The molecule has 2 N–H and O–H groups in total. The first-order chi connectivity index (χ1) is 12.3. The number of methoxy groups -OCH3 is 1. The minimum Gasteiger partial charge on any atom is -0.385 e. The van der Waals surface area contributed by atoms with Crippen molar-refractivity contribution in [3.8, 4) is 0 Å². The molecule has 1 aromatic heterocycles. The fourth-order valence-electron chi connectivity index (χ4n) is 2.70. The minimum absolute atomic E-state index is 0.575. The van der Waals surface area contributed by atoms with E-state index in [1.807, 2.05) is 16.9 Å². The van der Waals surface area contributed by atoms with Gasteiger partial charge < -0.3 is 15.4 Å². The predicted molar refractivity (Wildman–Crippen MR) is 106 cm³/mol. The Morgan fingerprint density at radius 3 is 2.88 bits per heavy atom. The molecular weight excluding hydrogens is 332 g/mol. The van der Waals surface area contributed by atoms with Crippen molar-refractivity contribution < 1.29 is 4.74 Å². The molecule has 130 valence electrons. The average Bonchev–Trinajstić information content (AvgIpc) is 3.06. The van der Waals surface area contributed by atoms with Crippen LogP contribution in [0.4, 0.5) is 5.82 Å². The van der Waals surface area contributed by atoms with E-state index < -0.39 is 0 Å². The Labute approximate surface area is 153 Å². The Morgan fingerprint density at radius 2 is 2.00 bits per heavy atom. The third-order valence-electron chi connectivity index (χ3n) is 3.91. The molecule has 0 radical (unpaired) electrons. The summed E-state index contributed by atoms with van der Waals surface area (Å²) in [4.78, 5) is 0. The molecule has 0 aliphatic rings. The summed E-state index contributed by atoms with van der Waals surface area (Å²) in [5, 5.41) is 13.9. The number of fused-ring (bicyclic) bond motifs is 1. The van der Waals surface area contributed by atoms with Crippen molar-refractivity contribution in [3.63, 3.8) is 0 Å². The molecule has 3 rings (SSSR count). The second-order valence-electron chi connectivity index (χ2n) is 5.76. The quantitative estimate of drug-likeness (QED) is 0.503. The number of ether oxygens (including phenoxy) is 1. The van der Waals surface area contributed by atoms with Crippen molar-refractivity contribution in [3.05, 3.63) is 60.3 Å².